The van der Waals surface area contributed by atoms with Crippen molar-refractivity contribution in [3.8, 4) is 0 Å². The maximum Gasteiger partial charge on any atom is 0.327 e. The van der Waals surface area contributed by atoms with E-state index in [0.717, 1.165) is 114 Å². The largest absolute Gasteiger partial charge is 0.468 e. The quantitative estimate of drug-likeness (QED) is 0.0545. The van der Waals surface area contributed by atoms with Crippen LogP contribution in [-0.4, -0.2) is 106 Å². The van der Waals surface area contributed by atoms with E-state index in [2.05, 4.69) is 50.4 Å². The number of methoxy groups -OCH3 is 2. The topological polar surface area (TPSA) is 131 Å². The van der Waals surface area contributed by atoms with E-state index in [9.17, 15) is 18.4 Å². The molecule has 2 aliphatic carbocycles. The zero-order chi connectivity index (χ0) is 53.8. The molecule has 6 aliphatic rings. The van der Waals surface area contributed by atoms with Crippen LogP contribution < -0.4 is 5.32 Å². The molecule has 0 amide bonds. The molecule has 4 aromatic rings. The van der Waals surface area contributed by atoms with Gasteiger partial charge in [-0.25, -0.2) is 13.6 Å². The minimum Gasteiger partial charge on any atom is -0.468 e. The van der Waals surface area contributed by atoms with Crippen molar-refractivity contribution in [2.45, 2.75) is 177 Å². The second-order valence-electron chi connectivity index (χ2n) is 21.5. The fourth-order valence-corrected chi connectivity index (χ4v) is 12.2. The van der Waals surface area contributed by atoms with Crippen molar-refractivity contribution in [1.82, 2.24) is 20.2 Å². The van der Waals surface area contributed by atoms with Gasteiger partial charge in [-0.15, -0.1) is 0 Å². The molecule has 0 radical (unpaired) electrons. The molecule has 12 nitrogen and oxygen atoms in total. The van der Waals surface area contributed by atoms with Gasteiger partial charge in [0.05, 0.1) is 38.6 Å². The lowest BCUT2D eigenvalue weighted by Gasteiger charge is -2.31. The summed E-state index contributed by atoms with van der Waals surface area (Å²) < 4.78 is 61.5. The summed E-state index contributed by atoms with van der Waals surface area (Å²) in [7, 11) is 2.71. The van der Waals surface area contributed by atoms with Crippen LogP contribution in [0.15, 0.2) is 60.7 Å². The molecule has 4 fully saturated rings. The Labute approximate surface area is 464 Å². The highest BCUT2D eigenvalue weighted by atomic mass is 79.9. The van der Waals surface area contributed by atoms with E-state index < -0.39 is 16.8 Å². The highest BCUT2D eigenvalue weighted by molar-refractivity contribution is 9.09. The summed E-state index contributed by atoms with van der Waals surface area (Å²) in [6.45, 7) is 6.44. The van der Waals surface area contributed by atoms with E-state index in [4.69, 9.17) is 38.4 Å². The molecule has 1 N–H and O–H groups in total. The number of unbranched alkanes of at least 4 members (excludes halogenated alkanes) is 2. The second-order valence-corrected chi connectivity index (χ2v) is 22.4. The number of alkyl halides is 1. The lowest BCUT2D eigenvalue weighted by molar-refractivity contribution is -0.147. The molecule has 10 rings (SSSR count). The number of likely N-dealkylation sites (tertiary alicyclic amines) is 1. The zero-order valence-corrected chi connectivity index (χ0v) is 47.3. The molecule has 4 unspecified atom stereocenters. The molecule has 15 heteroatoms. The number of nitrogens with zero attached hydrogens (tertiary/aromatic N) is 3. The standard InChI is InChI=1S/C31H41FN2O4.C17H26N2O.C14H16BrFO3/c1-36-31(35)30(27-20-23(32)13-15-26(27)29-11-5-7-19-38-29)34-17-16-25(21-34)37-18-6-4-9-24-14-12-22-8-2-3-10-28(22)33-24;1-2-7-17-14(5-1)8-9-15(19-17)6-3-4-12-20-16-10-11-18-13-16;1-18-14(17)13(15)11-8-9(16)5-6-10(11)12-4-2-3-7-19-12/h12-15,20,25,29-30H,2-11,16-19,21H2,1H3;8-9,16,18H,1-7,10-13H2;5-6,8,12-13H,2-4,7H2,1H3/t25-,29?,30?;16-;/m11./s1. The molecule has 2 aromatic carbocycles. The number of ether oxygens (including phenoxy) is 6. The van der Waals surface area contributed by atoms with Crippen LogP contribution in [0.25, 0.3) is 0 Å². The third-order valence-corrected chi connectivity index (χ3v) is 16.8. The summed E-state index contributed by atoms with van der Waals surface area (Å²) in [5.41, 5.74) is 11.0. The number of aromatic nitrogens is 2. The molecule has 6 heterocycles. The predicted octanol–water partition coefficient (Wildman–Crippen LogP) is 12.0. The van der Waals surface area contributed by atoms with Crippen LogP contribution in [0, 0.1) is 11.6 Å². The van der Waals surface area contributed by atoms with Gasteiger partial charge in [-0.3, -0.25) is 19.7 Å². The SMILES string of the molecule is COC(=O)C(Br)c1cc(F)ccc1C1CCCCO1.COC(=O)C(c1cc(F)ccc1C1CCCCO1)N1CC[C@@H](OCCCCc2ccc3c(n2)CCCC3)C1.c1cc2c(nc1CCCCO[C@@H]1CCNC1)CCCC2. The minimum absolute atomic E-state index is 0.0481. The van der Waals surface area contributed by atoms with Gasteiger partial charge in [0, 0.05) is 68.8 Å². The molecule has 6 atom stereocenters. The van der Waals surface area contributed by atoms with Crippen molar-refractivity contribution in [2.75, 3.05) is 66.8 Å². The van der Waals surface area contributed by atoms with E-state index in [1.807, 2.05) is 0 Å². The Kier molecular flexibility index (Phi) is 23.7. The Morgan fingerprint density at radius 2 is 1.19 bits per heavy atom. The number of nitrogens with one attached hydrogen (secondary N) is 1. The van der Waals surface area contributed by atoms with Crippen LogP contribution in [-0.2, 0) is 76.5 Å². The highest BCUT2D eigenvalue weighted by Gasteiger charge is 2.38. The van der Waals surface area contributed by atoms with Gasteiger partial charge in [-0.05, 0) is 218 Å². The first kappa shape index (κ1) is 58.9. The molecular weight excluding hydrogens is 1050 g/mol. The van der Waals surface area contributed by atoms with Gasteiger partial charge < -0.3 is 33.7 Å². The summed E-state index contributed by atoms with van der Waals surface area (Å²) in [5, 5.41) is 3.33. The average molecular weight is 1130 g/mol. The Morgan fingerprint density at radius 1 is 0.649 bits per heavy atom. The summed E-state index contributed by atoms with van der Waals surface area (Å²) >= 11 is 3.27. The number of benzene rings is 2. The number of rotatable bonds is 19. The molecule has 4 aliphatic heterocycles. The second kappa shape index (κ2) is 31.0. The van der Waals surface area contributed by atoms with Crippen molar-refractivity contribution >= 4 is 27.9 Å². The number of esters is 2. The Balaban J connectivity index is 0.000000169. The number of halogens is 3. The van der Waals surface area contributed by atoms with Gasteiger partial charge in [-0.2, -0.15) is 0 Å². The van der Waals surface area contributed by atoms with E-state index in [-0.39, 0.29) is 35.9 Å². The number of aryl methyl sites for hydroxylation is 6. The molecule has 2 aromatic heterocycles. The van der Waals surface area contributed by atoms with Crippen LogP contribution in [0.1, 0.15) is 182 Å². The Morgan fingerprint density at radius 3 is 1.73 bits per heavy atom. The van der Waals surface area contributed by atoms with Crippen LogP contribution in [0.5, 0.6) is 0 Å². The number of hydrogen-bond acceptors (Lipinski definition) is 12. The lowest BCUT2D eigenvalue weighted by Crippen LogP contribution is -2.35. The van der Waals surface area contributed by atoms with E-state index in [1.165, 1.54) is 130 Å². The van der Waals surface area contributed by atoms with E-state index in [0.29, 0.717) is 50.1 Å². The fraction of sp³-hybridized carbons (Fsp3) is 0.613. The number of pyridine rings is 2. The lowest BCUT2D eigenvalue weighted by atomic mass is 9.92. The number of hydrogen-bond donors (Lipinski definition) is 1. The predicted molar refractivity (Wildman–Crippen MR) is 297 cm³/mol. The molecule has 77 heavy (non-hydrogen) atoms. The minimum atomic E-state index is -0.672. The van der Waals surface area contributed by atoms with Crippen LogP contribution in [0.3, 0.4) is 0 Å². The van der Waals surface area contributed by atoms with Gasteiger partial charge in [0.15, 0.2) is 0 Å². The molecule has 420 valence electrons. The van der Waals surface area contributed by atoms with Crippen molar-refractivity contribution < 1.29 is 46.8 Å². The molecule has 0 spiro atoms. The van der Waals surface area contributed by atoms with E-state index >= 15 is 0 Å². The number of carbonyl (C=O) groups excluding carboxylic acids is 2. The first-order chi connectivity index (χ1) is 37.7. The fourth-order valence-electron chi connectivity index (χ4n) is 11.7. The first-order valence-corrected chi connectivity index (χ1v) is 29.8. The normalized spacial score (nSPS) is 22.0. The number of carbonyl (C=O) groups is 2. The summed E-state index contributed by atoms with van der Waals surface area (Å²) in [6, 6.07) is 17.5. The maximum absolute atomic E-state index is 14.4. The Hall–Kier alpha value is -4.22. The zero-order valence-electron chi connectivity index (χ0n) is 45.7. The monoisotopic (exact) mass is 1130 g/mol. The molecule has 0 bridgehead atoms. The van der Waals surface area contributed by atoms with Crippen molar-refractivity contribution in [1.29, 1.82) is 0 Å². The van der Waals surface area contributed by atoms with Gasteiger partial charge in [0.1, 0.15) is 22.5 Å². The third-order valence-electron chi connectivity index (χ3n) is 15.9. The maximum atomic E-state index is 14.4. The van der Waals surface area contributed by atoms with Gasteiger partial charge in [0.25, 0.3) is 0 Å². The Bertz CT molecular complexity index is 2480. The molecule has 4 saturated heterocycles. The van der Waals surface area contributed by atoms with Crippen molar-refractivity contribution in [3.63, 3.8) is 0 Å². The summed E-state index contributed by atoms with van der Waals surface area (Å²) in [5.74, 6) is -1.54. The molecule has 0 saturated carbocycles. The summed E-state index contributed by atoms with van der Waals surface area (Å²) in [6.07, 6.45) is 24.6. The first-order valence-electron chi connectivity index (χ1n) is 28.9. The van der Waals surface area contributed by atoms with Gasteiger partial charge >= 0.3 is 11.9 Å². The van der Waals surface area contributed by atoms with Gasteiger partial charge in [0.2, 0.25) is 0 Å². The highest BCUT2D eigenvalue weighted by Crippen LogP contribution is 2.39. The van der Waals surface area contributed by atoms with E-state index in [1.54, 1.807) is 12.1 Å². The van der Waals surface area contributed by atoms with Crippen LogP contribution >= 0.6 is 15.9 Å². The summed E-state index contributed by atoms with van der Waals surface area (Å²) in [4.78, 5) is 35.8. The van der Waals surface area contributed by atoms with Crippen molar-refractivity contribution in [2.24, 2.45) is 0 Å². The third kappa shape index (κ3) is 17.4. The molecular formula is C62H83BrF2N4O8. The van der Waals surface area contributed by atoms with Gasteiger partial charge in [-0.1, -0.05) is 40.2 Å². The van der Waals surface area contributed by atoms with Crippen LogP contribution in [0.4, 0.5) is 8.78 Å². The smallest absolute Gasteiger partial charge is 0.327 e. The number of fused-ring (bicyclic) bond motifs is 2. The average Bonchev–Trinajstić information content (AvgIpc) is 4.18. The van der Waals surface area contributed by atoms with Crippen molar-refractivity contribution in [3.05, 3.63) is 128 Å². The van der Waals surface area contributed by atoms with Crippen LogP contribution in [0.2, 0.25) is 0 Å².